The number of piperazine rings is 1. The number of rotatable bonds is 5. The minimum atomic E-state index is 0.163. The van der Waals surface area contributed by atoms with Crippen molar-refractivity contribution < 1.29 is 4.79 Å². The number of hydrogen-bond acceptors (Lipinski definition) is 5. The molecule has 2 atom stereocenters. The number of carbonyl (C=O) groups excluding carboxylic acids is 1. The summed E-state index contributed by atoms with van der Waals surface area (Å²) in [5.74, 6) is 2.31. The molecule has 0 aromatic carbocycles. The predicted molar refractivity (Wildman–Crippen MR) is 113 cm³/mol. The van der Waals surface area contributed by atoms with Crippen molar-refractivity contribution in [1.29, 1.82) is 0 Å². The monoisotopic (exact) mass is 384 g/mol. The summed E-state index contributed by atoms with van der Waals surface area (Å²) in [5.41, 5.74) is 1.26. The minimum absolute atomic E-state index is 0.163. The Balaban J connectivity index is 1.38. The molecule has 154 valence electrons. The van der Waals surface area contributed by atoms with Crippen molar-refractivity contribution in [2.45, 2.75) is 90.3 Å². The van der Waals surface area contributed by atoms with Crippen LogP contribution >= 0.6 is 0 Å². The largest absolute Gasteiger partial charge is 0.332 e. The molecule has 0 radical (unpaired) electrons. The van der Waals surface area contributed by atoms with Gasteiger partial charge in [-0.25, -0.2) is 9.97 Å². The van der Waals surface area contributed by atoms with Crippen LogP contribution in [0.1, 0.15) is 77.7 Å². The van der Waals surface area contributed by atoms with E-state index in [-0.39, 0.29) is 11.8 Å². The number of ketones is 1. The smallest absolute Gasteiger partial charge is 0.225 e. The standard InChI is InChI=1S/C23H36N4O/c1-15(2)22(28)18-7-5-17(6-8-18)19-11-24-23(25-12-19)27-20-9-10-21(27)14-26(13-20)16(3)4/h11-12,15-18,20-21H,5-10,13-14H2,1-4H3/t17-,18+,20?,21?. The third-order valence-corrected chi connectivity index (χ3v) is 7.30. The van der Waals surface area contributed by atoms with E-state index in [0.29, 0.717) is 29.8 Å². The van der Waals surface area contributed by atoms with Gasteiger partial charge in [-0.15, -0.1) is 0 Å². The molecule has 4 rings (SSSR count). The van der Waals surface area contributed by atoms with Gasteiger partial charge in [-0.1, -0.05) is 13.8 Å². The van der Waals surface area contributed by atoms with Crippen molar-refractivity contribution >= 4 is 11.7 Å². The first kappa shape index (κ1) is 19.8. The minimum Gasteiger partial charge on any atom is -0.332 e. The Kier molecular flexibility index (Phi) is 5.73. The van der Waals surface area contributed by atoms with E-state index in [1.54, 1.807) is 0 Å². The second-order valence-electron chi connectivity index (χ2n) is 9.76. The van der Waals surface area contributed by atoms with Gasteiger partial charge in [0.05, 0.1) is 0 Å². The Bertz CT molecular complexity index is 664. The third-order valence-electron chi connectivity index (χ3n) is 7.30. The molecule has 2 unspecified atom stereocenters. The topological polar surface area (TPSA) is 49.3 Å². The van der Waals surface area contributed by atoms with Crippen molar-refractivity contribution in [3.05, 3.63) is 18.0 Å². The van der Waals surface area contributed by atoms with Gasteiger partial charge in [0.25, 0.3) is 0 Å². The van der Waals surface area contributed by atoms with Gasteiger partial charge < -0.3 is 4.90 Å². The molecular weight excluding hydrogens is 348 g/mol. The quantitative estimate of drug-likeness (QED) is 0.767. The van der Waals surface area contributed by atoms with E-state index in [4.69, 9.17) is 9.97 Å². The summed E-state index contributed by atoms with van der Waals surface area (Å²) >= 11 is 0. The van der Waals surface area contributed by atoms with Crippen LogP contribution < -0.4 is 4.90 Å². The maximum Gasteiger partial charge on any atom is 0.225 e. The van der Waals surface area contributed by atoms with Gasteiger partial charge in [0.1, 0.15) is 5.78 Å². The molecule has 3 heterocycles. The van der Waals surface area contributed by atoms with Crippen LogP contribution in [-0.4, -0.2) is 51.9 Å². The molecule has 0 N–H and O–H groups in total. The number of aromatic nitrogens is 2. The van der Waals surface area contributed by atoms with Crippen LogP contribution in [0.4, 0.5) is 5.95 Å². The van der Waals surface area contributed by atoms with Crippen molar-refractivity contribution in [1.82, 2.24) is 14.9 Å². The molecule has 5 nitrogen and oxygen atoms in total. The van der Waals surface area contributed by atoms with E-state index >= 15 is 0 Å². The Morgan fingerprint density at radius 2 is 1.50 bits per heavy atom. The van der Waals surface area contributed by atoms with Gasteiger partial charge in [-0.2, -0.15) is 0 Å². The summed E-state index contributed by atoms with van der Waals surface area (Å²) in [4.78, 5) is 26.9. The SMILES string of the molecule is CC(C)C(=O)[C@H]1CC[C@@H](c2cnc(N3C4CCC3CN(C(C)C)C4)nc2)CC1. The summed E-state index contributed by atoms with van der Waals surface area (Å²) in [6.45, 7) is 10.9. The second-order valence-corrected chi connectivity index (χ2v) is 9.76. The predicted octanol–water partition coefficient (Wildman–Crippen LogP) is 4.04. The lowest BCUT2D eigenvalue weighted by molar-refractivity contribution is -0.126. The molecule has 0 spiro atoms. The lowest BCUT2D eigenvalue weighted by atomic mass is 9.76. The van der Waals surface area contributed by atoms with Crippen molar-refractivity contribution in [2.75, 3.05) is 18.0 Å². The number of fused-ring (bicyclic) bond motifs is 2. The van der Waals surface area contributed by atoms with Crippen LogP contribution in [0, 0.1) is 11.8 Å². The van der Waals surface area contributed by atoms with Gasteiger partial charge >= 0.3 is 0 Å². The Labute approximate surface area is 169 Å². The molecule has 3 fully saturated rings. The molecule has 5 heteroatoms. The Hall–Kier alpha value is -1.49. The van der Waals surface area contributed by atoms with Crippen molar-refractivity contribution in [3.8, 4) is 0 Å². The maximum absolute atomic E-state index is 12.3. The van der Waals surface area contributed by atoms with Gasteiger partial charge in [-0.05, 0) is 63.9 Å². The molecular formula is C23H36N4O. The Morgan fingerprint density at radius 1 is 0.929 bits per heavy atom. The first-order chi connectivity index (χ1) is 13.4. The molecule has 1 aromatic rings. The first-order valence-corrected chi connectivity index (χ1v) is 11.3. The summed E-state index contributed by atoms with van der Waals surface area (Å²) < 4.78 is 0. The number of hydrogen-bond donors (Lipinski definition) is 0. The van der Waals surface area contributed by atoms with Crippen molar-refractivity contribution in [3.63, 3.8) is 0 Å². The normalized spacial score (nSPS) is 31.0. The van der Waals surface area contributed by atoms with Crippen LogP contribution in [-0.2, 0) is 4.79 Å². The van der Waals surface area contributed by atoms with Crippen LogP contribution in [0.3, 0.4) is 0 Å². The number of Topliss-reactive ketones (excluding diaryl/α,β-unsaturated/α-hetero) is 1. The lowest BCUT2D eigenvalue weighted by Gasteiger charge is -2.42. The molecule has 3 aliphatic rings. The Morgan fingerprint density at radius 3 is 2.00 bits per heavy atom. The summed E-state index contributed by atoms with van der Waals surface area (Å²) in [7, 11) is 0. The van der Waals surface area contributed by atoms with E-state index in [1.165, 1.54) is 18.4 Å². The van der Waals surface area contributed by atoms with E-state index in [1.807, 2.05) is 13.8 Å². The highest BCUT2D eigenvalue weighted by atomic mass is 16.1. The van der Waals surface area contributed by atoms with E-state index in [0.717, 1.165) is 44.7 Å². The fraction of sp³-hybridized carbons (Fsp3) is 0.783. The zero-order valence-electron chi connectivity index (χ0n) is 18.0. The van der Waals surface area contributed by atoms with Gasteiger partial charge in [0.2, 0.25) is 5.95 Å². The zero-order chi connectivity index (χ0) is 19.8. The summed E-state index contributed by atoms with van der Waals surface area (Å²) in [5, 5.41) is 0. The average Bonchev–Trinajstić information content (AvgIpc) is 2.96. The van der Waals surface area contributed by atoms with Crippen LogP contribution in [0.25, 0.3) is 0 Å². The molecule has 1 aromatic heterocycles. The number of likely N-dealkylation sites (tertiary alicyclic amines) is 1. The third kappa shape index (κ3) is 3.83. The van der Waals surface area contributed by atoms with Crippen molar-refractivity contribution in [2.24, 2.45) is 11.8 Å². The highest BCUT2D eigenvalue weighted by Gasteiger charge is 2.41. The van der Waals surface area contributed by atoms with E-state index < -0.39 is 0 Å². The van der Waals surface area contributed by atoms with Gasteiger partial charge in [-0.3, -0.25) is 9.69 Å². The van der Waals surface area contributed by atoms with E-state index in [2.05, 4.69) is 36.0 Å². The number of nitrogens with zero attached hydrogens (tertiary/aromatic N) is 4. The van der Waals surface area contributed by atoms with Gasteiger partial charge in [0.15, 0.2) is 0 Å². The highest BCUT2D eigenvalue weighted by molar-refractivity contribution is 5.82. The fourth-order valence-corrected chi connectivity index (χ4v) is 5.54. The van der Waals surface area contributed by atoms with Crippen LogP contribution in [0.15, 0.2) is 12.4 Å². The fourth-order valence-electron chi connectivity index (χ4n) is 5.54. The molecule has 0 amide bonds. The molecule has 2 saturated heterocycles. The number of anilines is 1. The van der Waals surface area contributed by atoms with Gasteiger partial charge in [0, 0.05) is 55.4 Å². The second kappa shape index (κ2) is 8.10. The lowest BCUT2D eigenvalue weighted by Crippen LogP contribution is -2.56. The molecule has 2 aliphatic heterocycles. The zero-order valence-corrected chi connectivity index (χ0v) is 18.0. The van der Waals surface area contributed by atoms with Crippen LogP contribution in [0.2, 0.25) is 0 Å². The van der Waals surface area contributed by atoms with E-state index in [9.17, 15) is 4.79 Å². The molecule has 1 aliphatic carbocycles. The molecule has 28 heavy (non-hydrogen) atoms. The first-order valence-electron chi connectivity index (χ1n) is 11.3. The highest BCUT2D eigenvalue weighted by Crippen LogP contribution is 2.38. The summed E-state index contributed by atoms with van der Waals surface area (Å²) in [6, 6.07) is 1.74. The molecule has 1 saturated carbocycles. The number of carbonyl (C=O) groups is 1. The summed E-state index contributed by atoms with van der Waals surface area (Å²) in [6.07, 6.45) is 10.8. The van der Waals surface area contributed by atoms with Crippen LogP contribution in [0.5, 0.6) is 0 Å². The maximum atomic E-state index is 12.3. The average molecular weight is 385 g/mol. The molecule has 2 bridgehead atoms.